The molecule has 0 fully saturated rings. The van der Waals surface area contributed by atoms with Crippen molar-refractivity contribution < 1.29 is 14.6 Å². The number of aryl methyl sites for hydroxylation is 1. The second-order valence-corrected chi connectivity index (χ2v) is 5.32. The lowest BCUT2D eigenvalue weighted by molar-refractivity contribution is 0.0945. The van der Waals surface area contributed by atoms with Crippen LogP contribution in [0.2, 0.25) is 0 Å². The maximum atomic E-state index is 12.4. The molecule has 3 N–H and O–H groups in total. The van der Waals surface area contributed by atoms with E-state index in [0.717, 1.165) is 5.56 Å². The Bertz CT molecular complexity index is 883. The van der Waals surface area contributed by atoms with Crippen molar-refractivity contribution in [2.75, 3.05) is 13.2 Å². The van der Waals surface area contributed by atoms with Crippen LogP contribution in [0.15, 0.2) is 30.3 Å². The molecule has 0 saturated carbocycles. The van der Waals surface area contributed by atoms with Crippen LogP contribution >= 0.6 is 0 Å². The minimum absolute atomic E-state index is 0.0588. The summed E-state index contributed by atoms with van der Waals surface area (Å²) in [5.41, 5.74) is 1.48. The molecule has 0 aliphatic rings. The first-order valence-corrected chi connectivity index (χ1v) is 7.86. The van der Waals surface area contributed by atoms with E-state index in [1.807, 2.05) is 12.1 Å². The molecular weight excluding hydrogens is 338 g/mol. The van der Waals surface area contributed by atoms with Crippen molar-refractivity contribution in [3.05, 3.63) is 47.4 Å². The van der Waals surface area contributed by atoms with Crippen molar-refractivity contribution in [2.45, 2.75) is 13.5 Å². The highest BCUT2D eigenvalue weighted by atomic mass is 16.5. The number of aliphatic hydroxyl groups is 1. The van der Waals surface area contributed by atoms with E-state index in [1.54, 1.807) is 19.1 Å². The summed E-state index contributed by atoms with van der Waals surface area (Å²) in [5.74, 6) is 1.00. The maximum absolute atomic E-state index is 12.4. The molecule has 3 aromatic rings. The molecule has 1 aromatic carbocycles. The van der Waals surface area contributed by atoms with Crippen LogP contribution in [0.3, 0.4) is 0 Å². The predicted molar refractivity (Wildman–Crippen MR) is 90.1 cm³/mol. The lowest BCUT2D eigenvalue weighted by Gasteiger charge is -2.08. The summed E-state index contributed by atoms with van der Waals surface area (Å²) in [6.45, 7) is 2.14. The van der Waals surface area contributed by atoms with E-state index in [1.165, 1.54) is 6.07 Å². The zero-order valence-corrected chi connectivity index (χ0v) is 14.0. The lowest BCUT2D eigenvalue weighted by Crippen LogP contribution is -2.24. The van der Waals surface area contributed by atoms with Gasteiger partial charge in [-0.05, 0) is 35.9 Å². The van der Waals surface area contributed by atoms with Crippen LogP contribution in [0.1, 0.15) is 21.9 Å². The summed E-state index contributed by atoms with van der Waals surface area (Å²) in [4.78, 5) is 20.8. The molecule has 10 nitrogen and oxygen atoms in total. The quantitative estimate of drug-likeness (QED) is 0.549. The van der Waals surface area contributed by atoms with Gasteiger partial charge in [-0.25, -0.2) is 9.97 Å². The van der Waals surface area contributed by atoms with Crippen LogP contribution in [0.25, 0.3) is 11.5 Å². The first-order chi connectivity index (χ1) is 12.7. The van der Waals surface area contributed by atoms with Crippen LogP contribution in [-0.4, -0.2) is 54.8 Å². The van der Waals surface area contributed by atoms with Gasteiger partial charge >= 0.3 is 0 Å². The average molecular weight is 355 g/mol. The van der Waals surface area contributed by atoms with E-state index in [-0.39, 0.29) is 24.8 Å². The molecule has 3 rings (SSSR count). The summed E-state index contributed by atoms with van der Waals surface area (Å²) in [7, 11) is 0. The third kappa shape index (κ3) is 4.36. The van der Waals surface area contributed by atoms with Gasteiger partial charge in [-0.2, -0.15) is 5.21 Å². The smallest absolute Gasteiger partial charge is 0.270 e. The van der Waals surface area contributed by atoms with Crippen molar-refractivity contribution >= 4 is 5.91 Å². The van der Waals surface area contributed by atoms with Crippen LogP contribution in [-0.2, 0) is 6.54 Å². The normalized spacial score (nSPS) is 10.5. The van der Waals surface area contributed by atoms with Gasteiger partial charge in [0.05, 0.1) is 6.61 Å². The fourth-order valence-electron chi connectivity index (χ4n) is 2.25. The molecule has 1 amide bonds. The number of aliphatic hydroxyl groups excluding tert-OH is 1. The standard InChI is InChI=1S/C16H17N7O3/c1-10-18-13(15-20-22-23-21-15)8-14(19-10)16(25)17-9-11-3-2-4-12(7-11)26-6-5-24/h2-4,7-8,24H,5-6,9H2,1H3,(H,17,25)(H,20,21,22,23). The topological polar surface area (TPSA) is 139 Å². The first kappa shape index (κ1) is 17.4. The van der Waals surface area contributed by atoms with Crippen molar-refractivity contribution in [1.82, 2.24) is 35.9 Å². The van der Waals surface area contributed by atoms with E-state index in [9.17, 15) is 4.79 Å². The lowest BCUT2D eigenvalue weighted by atomic mass is 10.2. The summed E-state index contributed by atoms with van der Waals surface area (Å²) in [6, 6.07) is 8.77. The van der Waals surface area contributed by atoms with Crippen LogP contribution in [0.4, 0.5) is 0 Å². The Morgan fingerprint density at radius 2 is 2.19 bits per heavy atom. The van der Waals surface area contributed by atoms with Crippen molar-refractivity contribution in [2.24, 2.45) is 0 Å². The molecule has 10 heteroatoms. The molecule has 0 bridgehead atoms. The second-order valence-electron chi connectivity index (χ2n) is 5.32. The van der Waals surface area contributed by atoms with Gasteiger partial charge in [0, 0.05) is 6.54 Å². The van der Waals surface area contributed by atoms with Gasteiger partial charge in [0.25, 0.3) is 5.91 Å². The Labute approximate surface area is 148 Å². The van der Waals surface area contributed by atoms with Gasteiger partial charge in [-0.3, -0.25) is 4.79 Å². The number of nitrogens with one attached hydrogen (secondary N) is 2. The fraction of sp³-hybridized carbons (Fsp3) is 0.250. The number of rotatable bonds is 7. The highest BCUT2D eigenvalue weighted by Crippen LogP contribution is 2.14. The molecule has 0 saturated heterocycles. The molecule has 0 atom stereocenters. The monoisotopic (exact) mass is 355 g/mol. The average Bonchev–Trinajstić information content (AvgIpc) is 3.19. The Kier molecular flexibility index (Phi) is 5.44. The number of amides is 1. The number of benzene rings is 1. The van der Waals surface area contributed by atoms with E-state index in [2.05, 4.69) is 35.9 Å². The number of hydrogen-bond acceptors (Lipinski definition) is 8. The van der Waals surface area contributed by atoms with E-state index in [4.69, 9.17) is 9.84 Å². The zero-order valence-electron chi connectivity index (χ0n) is 14.0. The predicted octanol–water partition coefficient (Wildman–Crippen LogP) is 0.266. The van der Waals surface area contributed by atoms with Gasteiger partial charge in [0.15, 0.2) is 0 Å². The molecule has 0 aliphatic carbocycles. The largest absolute Gasteiger partial charge is 0.491 e. The number of ether oxygens (including phenoxy) is 1. The molecule has 0 aliphatic heterocycles. The molecule has 0 unspecified atom stereocenters. The number of tetrazole rings is 1. The number of carbonyl (C=O) groups excluding carboxylic acids is 1. The summed E-state index contributed by atoms with van der Waals surface area (Å²) in [6.07, 6.45) is 0. The molecule has 0 radical (unpaired) electrons. The van der Waals surface area contributed by atoms with E-state index in [0.29, 0.717) is 29.6 Å². The van der Waals surface area contributed by atoms with Gasteiger partial charge < -0.3 is 15.2 Å². The summed E-state index contributed by atoms with van der Waals surface area (Å²) in [5, 5.41) is 25.1. The molecular formula is C16H17N7O3. The van der Waals surface area contributed by atoms with Crippen LogP contribution in [0.5, 0.6) is 5.75 Å². The minimum Gasteiger partial charge on any atom is -0.491 e. The summed E-state index contributed by atoms with van der Waals surface area (Å²) < 4.78 is 5.35. The Balaban J connectivity index is 1.69. The zero-order chi connectivity index (χ0) is 18.4. The molecule has 26 heavy (non-hydrogen) atoms. The number of carbonyl (C=O) groups is 1. The number of aromatic nitrogens is 6. The van der Waals surface area contributed by atoms with Crippen molar-refractivity contribution in [1.29, 1.82) is 0 Å². The molecule has 0 spiro atoms. The highest BCUT2D eigenvalue weighted by molar-refractivity contribution is 5.93. The Morgan fingerprint density at radius 3 is 2.96 bits per heavy atom. The van der Waals surface area contributed by atoms with Gasteiger partial charge in [0.2, 0.25) is 5.82 Å². The Hall–Kier alpha value is -3.40. The van der Waals surface area contributed by atoms with Gasteiger partial charge in [-0.1, -0.05) is 12.1 Å². The van der Waals surface area contributed by atoms with Gasteiger partial charge in [0.1, 0.15) is 29.6 Å². The van der Waals surface area contributed by atoms with E-state index < -0.39 is 0 Å². The fourth-order valence-corrected chi connectivity index (χ4v) is 2.25. The second kappa shape index (κ2) is 8.12. The third-order valence-electron chi connectivity index (χ3n) is 3.36. The van der Waals surface area contributed by atoms with E-state index >= 15 is 0 Å². The van der Waals surface area contributed by atoms with Crippen LogP contribution < -0.4 is 10.1 Å². The third-order valence-corrected chi connectivity index (χ3v) is 3.36. The maximum Gasteiger partial charge on any atom is 0.270 e. The highest BCUT2D eigenvalue weighted by Gasteiger charge is 2.13. The van der Waals surface area contributed by atoms with Crippen molar-refractivity contribution in [3.63, 3.8) is 0 Å². The number of hydrogen-bond donors (Lipinski definition) is 3. The first-order valence-electron chi connectivity index (χ1n) is 7.86. The van der Waals surface area contributed by atoms with Crippen LogP contribution in [0, 0.1) is 6.92 Å². The minimum atomic E-state index is -0.345. The number of nitrogens with zero attached hydrogens (tertiary/aromatic N) is 5. The Morgan fingerprint density at radius 1 is 1.31 bits per heavy atom. The molecule has 2 aromatic heterocycles. The number of H-pyrrole nitrogens is 1. The molecule has 134 valence electrons. The number of aromatic amines is 1. The van der Waals surface area contributed by atoms with Crippen molar-refractivity contribution in [3.8, 4) is 17.3 Å². The summed E-state index contributed by atoms with van der Waals surface area (Å²) >= 11 is 0. The van der Waals surface area contributed by atoms with Gasteiger partial charge in [-0.15, -0.1) is 10.2 Å². The molecule has 2 heterocycles. The SMILES string of the molecule is Cc1nc(C(=O)NCc2cccc(OCCO)c2)cc(-c2nn[nH]n2)n1.